The van der Waals surface area contributed by atoms with Crippen molar-refractivity contribution in [2.75, 3.05) is 0 Å². The molecule has 0 rings (SSSR count). The summed E-state index contributed by atoms with van der Waals surface area (Å²) in [6.07, 6.45) is 3.39. The Morgan fingerprint density at radius 3 is 2.47 bits per heavy atom. The highest BCUT2D eigenvalue weighted by atomic mass is 19.3. The molecule has 0 aliphatic carbocycles. The second kappa shape index (κ2) is 8.20. The van der Waals surface area contributed by atoms with Gasteiger partial charge >= 0.3 is 5.97 Å². The van der Waals surface area contributed by atoms with E-state index in [0.717, 1.165) is 19.3 Å². The molecule has 1 N–H and O–H groups in total. The molecule has 0 saturated heterocycles. The Kier molecular flexibility index (Phi) is 7.58. The fourth-order valence-electron chi connectivity index (χ4n) is 1.20. The molecule has 0 radical (unpaired) electrons. The number of carbonyl (C=O) groups excluding carboxylic acids is 2. The summed E-state index contributed by atoms with van der Waals surface area (Å²) in [6.45, 7) is 3.69. The van der Waals surface area contributed by atoms with E-state index in [-0.39, 0.29) is 12.3 Å². The van der Waals surface area contributed by atoms with Crippen LogP contribution in [0.4, 0.5) is 4.53 Å². The predicted molar refractivity (Wildman–Crippen MR) is 53.6 cm³/mol. The minimum atomic E-state index is -1.02. The van der Waals surface area contributed by atoms with Gasteiger partial charge in [-0.1, -0.05) is 33.1 Å². The van der Waals surface area contributed by atoms with Crippen LogP contribution in [0.15, 0.2) is 0 Å². The topological polar surface area (TPSA) is 55.4 Å². The first-order chi connectivity index (χ1) is 7.15. The van der Waals surface area contributed by atoms with Crippen LogP contribution in [0.1, 0.15) is 46.0 Å². The van der Waals surface area contributed by atoms with Gasteiger partial charge in [-0.05, 0) is 6.42 Å². The normalized spacial score (nSPS) is 11.9. The maximum absolute atomic E-state index is 11.7. The molecule has 0 spiro atoms. The maximum Gasteiger partial charge on any atom is 0.370 e. The lowest BCUT2D eigenvalue weighted by atomic mass is 10.1. The van der Waals surface area contributed by atoms with Crippen molar-refractivity contribution in [2.45, 2.75) is 52.0 Å². The third-order valence-electron chi connectivity index (χ3n) is 2.11. The molecule has 0 aromatic rings. The van der Waals surface area contributed by atoms with Crippen molar-refractivity contribution in [2.24, 2.45) is 0 Å². The molecular formula is C10H18FNO3. The van der Waals surface area contributed by atoms with Gasteiger partial charge in [0.1, 0.15) is 6.04 Å². The Labute approximate surface area is 89.1 Å². The third-order valence-corrected chi connectivity index (χ3v) is 2.11. The molecular weight excluding hydrogens is 201 g/mol. The standard InChI is InChI=1S/C10H18FNO3/c1-3-5-6-7-8(10(14)15-11)12-9(13)4-2/h8H,3-7H2,1-2H3,(H,12,13). The zero-order chi connectivity index (χ0) is 11.7. The predicted octanol–water partition coefficient (Wildman–Crippen LogP) is 1.89. The van der Waals surface area contributed by atoms with Crippen LogP contribution in [0.3, 0.4) is 0 Å². The van der Waals surface area contributed by atoms with Gasteiger partial charge in [-0.15, -0.1) is 0 Å². The number of hydrogen-bond donors (Lipinski definition) is 1. The van der Waals surface area contributed by atoms with E-state index in [9.17, 15) is 14.1 Å². The van der Waals surface area contributed by atoms with Gasteiger partial charge in [0.05, 0.1) is 0 Å². The fourth-order valence-corrected chi connectivity index (χ4v) is 1.20. The van der Waals surface area contributed by atoms with Gasteiger partial charge in [0.15, 0.2) is 0 Å². The van der Waals surface area contributed by atoms with E-state index in [4.69, 9.17) is 0 Å². The number of carbonyl (C=O) groups is 2. The van der Waals surface area contributed by atoms with Crippen molar-refractivity contribution in [3.63, 3.8) is 0 Å². The van der Waals surface area contributed by atoms with Crippen LogP contribution in [0.2, 0.25) is 0 Å². The van der Waals surface area contributed by atoms with E-state index in [2.05, 4.69) is 10.3 Å². The zero-order valence-electron chi connectivity index (χ0n) is 9.22. The van der Waals surface area contributed by atoms with Gasteiger partial charge in [0, 0.05) is 10.9 Å². The van der Waals surface area contributed by atoms with E-state index in [1.165, 1.54) is 0 Å². The summed E-state index contributed by atoms with van der Waals surface area (Å²) in [5.74, 6) is -1.30. The summed E-state index contributed by atoms with van der Waals surface area (Å²) in [4.78, 5) is 25.1. The molecule has 1 unspecified atom stereocenters. The van der Waals surface area contributed by atoms with Crippen molar-refractivity contribution in [1.29, 1.82) is 0 Å². The molecule has 1 amide bonds. The van der Waals surface area contributed by atoms with Crippen LogP contribution < -0.4 is 5.32 Å². The second-order valence-electron chi connectivity index (χ2n) is 3.37. The van der Waals surface area contributed by atoms with E-state index in [0.29, 0.717) is 6.42 Å². The summed E-state index contributed by atoms with van der Waals surface area (Å²) < 4.78 is 11.7. The number of nitrogens with one attached hydrogen (secondary N) is 1. The lowest BCUT2D eigenvalue weighted by Crippen LogP contribution is -2.40. The quantitative estimate of drug-likeness (QED) is 0.665. The highest BCUT2D eigenvalue weighted by molar-refractivity contribution is 5.83. The van der Waals surface area contributed by atoms with E-state index in [1.807, 2.05) is 6.92 Å². The molecule has 0 aromatic heterocycles. The molecule has 88 valence electrons. The lowest BCUT2D eigenvalue weighted by Gasteiger charge is -2.13. The average Bonchev–Trinajstić information content (AvgIpc) is 2.26. The summed E-state index contributed by atoms with van der Waals surface area (Å²) in [5, 5.41) is 2.42. The molecule has 0 aromatic carbocycles. The second-order valence-corrected chi connectivity index (χ2v) is 3.37. The summed E-state index contributed by atoms with van der Waals surface area (Å²) in [6, 6.07) is -0.853. The van der Waals surface area contributed by atoms with Gasteiger partial charge in [-0.3, -0.25) is 9.74 Å². The van der Waals surface area contributed by atoms with Crippen molar-refractivity contribution in [3.8, 4) is 0 Å². The SMILES string of the molecule is CCCCCC(NC(=O)CC)C(=O)OF. The maximum atomic E-state index is 11.7. The van der Waals surface area contributed by atoms with Crippen molar-refractivity contribution < 1.29 is 19.1 Å². The third kappa shape index (κ3) is 6.04. The zero-order valence-corrected chi connectivity index (χ0v) is 9.22. The van der Waals surface area contributed by atoms with Crippen molar-refractivity contribution in [1.82, 2.24) is 5.32 Å². The van der Waals surface area contributed by atoms with Crippen LogP contribution in [0.5, 0.6) is 0 Å². The van der Waals surface area contributed by atoms with Crippen LogP contribution in [0, 0.1) is 0 Å². The number of amides is 1. The molecule has 5 heteroatoms. The number of rotatable bonds is 7. The van der Waals surface area contributed by atoms with Gasteiger partial charge in [-0.2, -0.15) is 0 Å². The van der Waals surface area contributed by atoms with E-state index in [1.54, 1.807) is 6.92 Å². The molecule has 0 fully saturated rings. The van der Waals surface area contributed by atoms with Crippen LogP contribution >= 0.6 is 0 Å². The number of halogens is 1. The highest BCUT2D eigenvalue weighted by Gasteiger charge is 2.21. The number of unbranched alkanes of at least 4 members (excludes halogenated alkanes) is 2. The molecule has 0 saturated carbocycles. The van der Waals surface area contributed by atoms with E-state index < -0.39 is 12.0 Å². The molecule has 1 atom stereocenters. The minimum Gasteiger partial charge on any atom is -0.343 e. The Morgan fingerprint density at radius 2 is 2.00 bits per heavy atom. The van der Waals surface area contributed by atoms with Gasteiger partial charge in [-0.25, -0.2) is 4.79 Å². The Balaban J connectivity index is 4.06. The van der Waals surface area contributed by atoms with Gasteiger partial charge in [0.2, 0.25) is 5.91 Å². The Morgan fingerprint density at radius 1 is 1.33 bits per heavy atom. The monoisotopic (exact) mass is 219 g/mol. The van der Waals surface area contributed by atoms with Crippen LogP contribution in [-0.4, -0.2) is 17.9 Å². The highest BCUT2D eigenvalue weighted by Crippen LogP contribution is 2.05. The van der Waals surface area contributed by atoms with Crippen molar-refractivity contribution >= 4 is 11.9 Å². The molecule has 15 heavy (non-hydrogen) atoms. The Hall–Kier alpha value is -1.13. The first kappa shape index (κ1) is 13.9. The minimum absolute atomic E-state index is 0.268. The first-order valence-corrected chi connectivity index (χ1v) is 5.27. The fraction of sp³-hybridized carbons (Fsp3) is 0.800. The van der Waals surface area contributed by atoms with Crippen molar-refractivity contribution in [3.05, 3.63) is 0 Å². The van der Waals surface area contributed by atoms with Gasteiger partial charge < -0.3 is 5.32 Å². The Bertz CT molecular complexity index is 209. The molecule has 0 aliphatic rings. The first-order valence-electron chi connectivity index (χ1n) is 5.27. The van der Waals surface area contributed by atoms with Gasteiger partial charge in [0.25, 0.3) is 0 Å². The number of hydrogen-bond acceptors (Lipinski definition) is 3. The molecule has 0 aliphatic heterocycles. The lowest BCUT2D eigenvalue weighted by molar-refractivity contribution is -0.187. The summed E-state index contributed by atoms with van der Waals surface area (Å²) in [7, 11) is 0. The smallest absolute Gasteiger partial charge is 0.343 e. The average molecular weight is 219 g/mol. The molecule has 0 heterocycles. The molecule has 0 bridgehead atoms. The summed E-state index contributed by atoms with van der Waals surface area (Å²) in [5.41, 5.74) is 0. The largest absolute Gasteiger partial charge is 0.370 e. The van der Waals surface area contributed by atoms with Crippen LogP contribution in [-0.2, 0) is 14.5 Å². The summed E-state index contributed by atoms with van der Waals surface area (Å²) >= 11 is 0. The van der Waals surface area contributed by atoms with E-state index >= 15 is 0 Å². The van der Waals surface area contributed by atoms with Crippen LogP contribution in [0.25, 0.3) is 0 Å². The molecule has 4 nitrogen and oxygen atoms in total.